The molecule has 3 aromatic rings. The second kappa shape index (κ2) is 6.28. The molecule has 4 nitrogen and oxygen atoms in total. The number of rotatable bonds is 4. The van der Waals surface area contributed by atoms with E-state index in [9.17, 15) is 14.0 Å². The van der Waals surface area contributed by atoms with Gasteiger partial charge in [-0.25, -0.2) is 4.39 Å². The van der Waals surface area contributed by atoms with E-state index in [0.29, 0.717) is 5.56 Å². The molecule has 24 heavy (non-hydrogen) atoms. The number of nitrogens with one attached hydrogen (secondary N) is 1. The molecular formula is C19H17FN2O2. The molecule has 2 aromatic carbocycles. The summed E-state index contributed by atoms with van der Waals surface area (Å²) in [4.78, 5) is 24.3. The second-order valence-electron chi connectivity index (χ2n) is 5.67. The first-order chi connectivity index (χ1) is 11.5. The quantitative estimate of drug-likeness (QED) is 0.732. The van der Waals surface area contributed by atoms with E-state index in [4.69, 9.17) is 0 Å². The third-order valence-electron chi connectivity index (χ3n) is 4.05. The summed E-state index contributed by atoms with van der Waals surface area (Å²) < 4.78 is 15.5. The van der Waals surface area contributed by atoms with Crippen molar-refractivity contribution in [3.8, 4) is 0 Å². The van der Waals surface area contributed by atoms with Crippen molar-refractivity contribution in [2.45, 2.75) is 19.9 Å². The van der Waals surface area contributed by atoms with Crippen LogP contribution in [0.25, 0.3) is 10.9 Å². The van der Waals surface area contributed by atoms with Crippen LogP contribution in [0.4, 0.5) is 10.1 Å². The van der Waals surface area contributed by atoms with Gasteiger partial charge < -0.3 is 9.88 Å². The van der Waals surface area contributed by atoms with E-state index < -0.39 is 11.9 Å². The third kappa shape index (κ3) is 2.80. The van der Waals surface area contributed by atoms with Crippen LogP contribution in [0.5, 0.6) is 0 Å². The standard InChI is InChI=1S/C19H17FN2O2/c1-12(19(24)21-17-9-5-4-8-16(17)20)22-11-15(13(2)23)14-7-3-6-10-18(14)22/h3-12H,1-2H3,(H,21,24)/t12-/m0/s1. The number of Topliss-reactive ketones (excluding diaryl/α,β-unsaturated/α-hetero) is 1. The van der Waals surface area contributed by atoms with Crippen LogP contribution in [-0.2, 0) is 4.79 Å². The summed E-state index contributed by atoms with van der Waals surface area (Å²) >= 11 is 0. The van der Waals surface area contributed by atoms with Crippen molar-refractivity contribution >= 4 is 28.3 Å². The fraction of sp³-hybridized carbons (Fsp3) is 0.158. The molecule has 0 radical (unpaired) electrons. The van der Waals surface area contributed by atoms with Crippen molar-refractivity contribution in [1.29, 1.82) is 0 Å². The number of fused-ring (bicyclic) bond motifs is 1. The number of anilines is 1. The molecule has 0 unspecified atom stereocenters. The van der Waals surface area contributed by atoms with Gasteiger partial charge >= 0.3 is 0 Å². The van der Waals surface area contributed by atoms with Crippen molar-refractivity contribution in [3.05, 3.63) is 66.1 Å². The van der Waals surface area contributed by atoms with Gasteiger partial charge in [0.15, 0.2) is 5.78 Å². The molecule has 0 saturated carbocycles. The molecule has 3 rings (SSSR count). The zero-order valence-corrected chi connectivity index (χ0v) is 13.4. The van der Waals surface area contributed by atoms with Gasteiger partial charge in [-0.2, -0.15) is 0 Å². The zero-order valence-electron chi connectivity index (χ0n) is 13.4. The smallest absolute Gasteiger partial charge is 0.247 e. The minimum absolute atomic E-state index is 0.0633. The predicted octanol–water partition coefficient (Wildman–Crippen LogP) is 4.18. The molecule has 0 bridgehead atoms. The van der Waals surface area contributed by atoms with Gasteiger partial charge in [0.05, 0.1) is 5.69 Å². The number of aromatic nitrogens is 1. The highest BCUT2D eigenvalue weighted by atomic mass is 19.1. The highest BCUT2D eigenvalue weighted by Gasteiger charge is 2.20. The lowest BCUT2D eigenvalue weighted by molar-refractivity contribution is -0.118. The van der Waals surface area contributed by atoms with E-state index in [0.717, 1.165) is 10.9 Å². The van der Waals surface area contributed by atoms with Crippen molar-refractivity contribution in [2.75, 3.05) is 5.32 Å². The summed E-state index contributed by atoms with van der Waals surface area (Å²) in [7, 11) is 0. The molecular weight excluding hydrogens is 307 g/mol. The number of benzene rings is 2. The van der Waals surface area contributed by atoms with E-state index in [2.05, 4.69) is 5.32 Å². The molecule has 5 heteroatoms. The Hall–Kier alpha value is -2.95. The maximum atomic E-state index is 13.7. The summed E-state index contributed by atoms with van der Waals surface area (Å²) in [6, 6.07) is 12.8. The minimum atomic E-state index is -0.595. The first-order valence-electron chi connectivity index (χ1n) is 7.65. The van der Waals surface area contributed by atoms with E-state index in [-0.39, 0.29) is 17.4 Å². The van der Waals surface area contributed by atoms with Crippen LogP contribution in [0, 0.1) is 5.82 Å². The number of hydrogen-bond donors (Lipinski definition) is 1. The number of carbonyl (C=O) groups is 2. The summed E-state index contributed by atoms with van der Waals surface area (Å²) in [5.74, 6) is -0.901. The van der Waals surface area contributed by atoms with Gasteiger partial charge in [-0.15, -0.1) is 0 Å². The van der Waals surface area contributed by atoms with Gasteiger partial charge in [-0.05, 0) is 32.0 Å². The number of hydrogen-bond acceptors (Lipinski definition) is 2. The summed E-state index contributed by atoms with van der Waals surface area (Å²) in [5, 5.41) is 3.39. The highest BCUT2D eigenvalue weighted by molar-refractivity contribution is 6.07. The number of amides is 1. The molecule has 0 aliphatic rings. The molecule has 0 aliphatic heterocycles. The fourth-order valence-corrected chi connectivity index (χ4v) is 2.73. The van der Waals surface area contributed by atoms with Crippen molar-refractivity contribution < 1.29 is 14.0 Å². The van der Waals surface area contributed by atoms with E-state index in [1.165, 1.54) is 19.1 Å². The van der Waals surface area contributed by atoms with E-state index >= 15 is 0 Å². The van der Waals surface area contributed by atoms with Gasteiger partial charge in [0, 0.05) is 22.7 Å². The van der Waals surface area contributed by atoms with Crippen molar-refractivity contribution in [1.82, 2.24) is 4.57 Å². The fourth-order valence-electron chi connectivity index (χ4n) is 2.73. The first-order valence-corrected chi connectivity index (χ1v) is 7.65. The van der Waals surface area contributed by atoms with Crippen molar-refractivity contribution in [3.63, 3.8) is 0 Å². The number of carbonyl (C=O) groups excluding carboxylic acids is 2. The maximum absolute atomic E-state index is 13.7. The normalized spacial score (nSPS) is 12.1. The van der Waals surface area contributed by atoms with Crippen LogP contribution in [0.3, 0.4) is 0 Å². The summed E-state index contributed by atoms with van der Waals surface area (Å²) in [6.07, 6.45) is 1.68. The minimum Gasteiger partial charge on any atom is -0.335 e. The van der Waals surface area contributed by atoms with E-state index in [1.807, 2.05) is 24.3 Å². The van der Waals surface area contributed by atoms with Gasteiger partial charge in [-0.3, -0.25) is 9.59 Å². The number of para-hydroxylation sites is 2. The highest BCUT2D eigenvalue weighted by Crippen LogP contribution is 2.26. The Labute approximate surface area is 138 Å². The third-order valence-corrected chi connectivity index (χ3v) is 4.05. The molecule has 0 spiro atoms. The number of ketones is 1. The van der Waals surface area contributed by atoms with Crippen LogP contribution >= 0.6 is 0 Å². The monoisotopic (exact) mass is 324 g/mol. The Morgan fingerprint density at radius 1 is 1.08 bits per heavy atom. The molecule has 1 aromatic heterocycles. The summed E-state index contributed by atoms with van der Waals surface area (Å²) in [6.45, 7) is 3.21. The Bertz CT molecular complexity index is 930. The average Bonchev–Trinajstić information content (AvgIpc) is 2.96. The molecule has 0 saturated heterocycles. The topological polar surface area (TPSA) is 51.1 Å². The molecule has 1 atom stereocenters. The van der Waals surface area contributed by atoms with Crippen LogP contribution in [0.1, 0.15) is 30.2 Å². The lowest BCUT2D eigenvalue weighted by atomic mass is 10.1. The number of halogens is 1. The average molecular weight is 324 g/mol. The van der Waals surface area contributed by atoms with Crippen LogP contribution in [0.15, 0.2) is 54.7 Å². The lowest BCUT2D eigenvalue weighted by Crippen LogP contribution is -2.23. The summed E-state index contributed by atoms with van der Waals surface area (Å²) in [5.41, 5.74) is 1.49. The Morgan fingerprint density at radius 2 is 1.75 bits per heavy atom. The lowest BCUT2D eigenvalue weighted by Gasteiger charge is -2.15. The SMILES string of the molecule is CC(=O)c1cn([C@@H](C)C(=O)Nc2ccccc2F)c2ccccc12. The van der Waals surface area contributed by atoms with E-state index in [1.54, 1.807) is 29.8 Å². The maximum Gasteiger partial charge on any atom is 0.247 e. The molecule has 0 aliphatic carbocycles. The largest absolute Gasteiger partial charge is 0.335 e. The van der Waals surface area contributed by atoms with Gasteiger partial charge in [-0.1, -0.05) is 30.3 Å². The first kappa shape index (κ1) is 15.9. The van der Waals surface area contributed by atoms with Crippen LogP contribution < -0.4 is 5.32 Å². The van der Waals surface area contributed by atoms with Gasteiger partial charge in [0.25, 0.3) is 0 Å². The Kier molecular flexibility index (Phi) is 4.16. The Balaban J connectivity index is 1.97. The molecule has 0 fully saturated rings. The number of nitrogens with zero attached hydrogens (tertiary/aromatic N) is 1. The Morgan fingerprint density at radius 3 is 2.46 bits per heavy atom. The second-order valence-corrected chi connectivity index (χ2v) is 5.67. The predicted molar refractivity (Wildman–Crippen MR) is 91.7 cm³/mol. The van der Waals surface area contributed by atoms with Gasteiger partial charge in [0.1, 0.15) is 11.9 Å². The molecule has 1 heterocycles. The molecule has 1 N–H and O–H groups in total. The van der Waals surface area contributed by atoms with Crippen LogP contribution in [0.2, 0.25) is 0 Å². The van der Waals surface area contributed by atoms with Crippen LogP contribution in [-0.4, -0.2) is 16.3 Å². The zero-order chi connectivity index (χ0) is 17.3. The van der Waals surface area contributed by atoms with Crippen molar-refractivity contribution in [2.24, 2.45) is 0 Å². The molecule has 1 amide bonds. The van der Waals surface area contributed by atoms with Gasteiger partial charge in [0.2, 0.25) is 5.91 Å². The molecule has 122 valence electrons.